The summed E-state index contributed by atoms with van der Waals surface area (Å²) >= 11 is 5.89. The number of aromatic nitrogens is 1. The number of aryl methyl sites for hydroxylation is 2. The molecule has 19 heavy (non-hydrogen) atoms. The number of anilines is 1. The lowest BCUT2D eigenvalue weighted by Gasteiger charge is -2.17. The molecule has 1 aromatic heterocycles. The van der Waals surface area contributed by atoms with Gasteiger partial charge in [-0.2, -0.15) is 0 Å². The fraction of sp³-hybridized carbons (Fsp3) is 0.312. The Morgan fingerprint density at radius 1 is 1.11 bits per heavy atom. The Labute approximate surface area is 119 Å². The van der Waals surface area contributed by atoms with Gasteiger partial charge in [-0.05, 0) is 57.0 Å². The summed E-state index contributed by atoms with van der Waals surface area (Å²) in [7, 11) is 0. The van der Waals surface area contributed by atoms with Gasteiger partial charge in [-0.1, -0.05) is 23.7 Å². The quantitative estimate of drug-likeness (QED) is 0.894. The van der Waals surface area contributed by atoms with Crippen molar-refractivity contribution in [2.24, 2.45) is 0 Å². The van der Waals surface area contributed by atoms with Gasteiger partial charge in [0.05, 0.1) is 11.4 Å². The molecule has 1 N–H and O–H groups in total. The van der Waals surface area contributed by atoms with Gasteiger partial charge >= 0.3 is 0 Å². The number of pyridine rings is 1. The smallest absolute Gasteiger partial charge is 0.0606 e. The van der Waals surface area contributed by atoms with Gasteiger partial charge in [-0.3, -0.25) is 4.98 Å². The first-order chi connectivity index (χ1) is 9.04. The number of hydrogen-bond acceptors (Lipinski definition) is 2. The normalized spacial score (nSPS) is 12.2. The molecular weight excluding hydrogens is 256 g/mol. The summed E-state index contributed by atoms with van der Waals surface area (Å²) in [4.78, 5) is 4.47. The Balaban J connectivity index is 2.01. The standard InChI is InChI=1S/C16H19ClN2/c1-11-4-9-16(13(3)18-11)19-12(2)10-14-5-7-15(17)8-6-14/h4-9,12,19H,10H2,1-3H3. The van der Waals surface area contributed by atoms with E-state index in [-0.39, 0.29) is 0 Å². The number of benzene rings is 1. The molecule has 2 aromatic rings. The van der Waals surface area contributed by atoms with Gasteiger partial charge in [-0.15, -0.1) is 0 Å². The summed E-state index contributed by atoms with van der Waals surface area (Å²) < 4.78 is 0. The van der Waals surface area contributed by atoms with Crippen LogP contribution in [0.15, 0.2) is 36.4 Å². The summed E-state index contributed by atoms with van der Waals surface area (Å²) in [5.41, 5.74) is 4.48. The molecule has 0 radical (unpaired) electrons. The molecule has 0 aliphatic heterocycles. The largest absolute Gasteiger partial charge is 0.381 e. The molecule has 0 fully saturated rings. The number of nitrogens with one attached hydrogen (secondary N) is 1. The molecule has 3 heteroatoms. The molecule has 0 aliphatic carbocycles. The summed E-state index contributed by atoms with van der Waals surface area (Å²) in [6, 6.07) is 12.5. The molecule has 0 amide bonds. The Morgan fingerprint density at radius 3 is 2.42 bits per heavy atom. The monoisotopic (exact) mass is 274 g/mol. The van der Waals surface area contributed by atoms with Crippen LogP contribution in [0.1, 0.15) is 23.9 Å². The first-order valence-corrected chi connectivity index (χ1v) is 6.87. The highest BCUT2D eigenvalue weighted by molar-refractivity contribution is 6.30. The Kier molecular flexibility index (Phi) is 4.43. The summed E-state index contributed by atoms with van der Waals surface area (Å²) in [6.07, 6.45) is 0.963. The zero-order chi connectivity index (χ0) is 13.8. The van der Waals surface area contributed by atoms with E-state index in [1.165, 1.54) is 5.56 Å². The maximum Gasteiger partial charge on any atom is 0.0606 e. The van der Waals surface area contributed by atoms with Crippen molar-refractivity contribution in [1.29, 1.82) is 0 Å². The van der Waals surface area contributed by atoms with Crippen molar-refractivity contribution in [2.75, 3.05) is 5.32 Å². The molecule has 0 bridgehead atoms. The van der Waals surface area contributed by atoms with Crippen molar-refractivity contribution >= 4 is 17.3 Å². The average molecular weight is 275 g/mol. The second-order valence-corrected chi connectivity index (χ2v) is 5.40. The molecule has 0 saturated heterocycles. The number of rotatable bonds is 4. The highest BCUT2D eigenvalue weighted by Crippen LogP contribution is 2.16. The van der Waals surface area contributed by atoms with Gasteiger partial charge in [0.2, 0.25) is 0 Å². The van der Waals surface area contributed by atoms with Crippen LogP contribution in [0.2, 0.25) is 5.02 Å². The second-order valence-electron chi connectivity index (χ2n) is 4.96. The summed E-state index contributed by atoms with van der Waals surface area (Å²) in [6.45, 7) is 6.21. The molecule has 2 nitrogen and oxygen atoms in total. The van der Waals surface area contributed by atoms with Crippen LogP contribution >= 0.6 is 11.6 Å². The van der Waals surface area contributed by atoms with Crippen LogP contribution in [0.25, 0.3) is 0 Å². The highest BCUT2D eigenvalue weighted by atomic mass is 35.5. The minimum atomic E-state index is 0.351. The third-order valence-electron chi connectivity index (χ3n) is 3.08. The van der Waals surface area contributed by atoms with E-state index in [9.17, 15) is 0 Å². The maximum absolute atomic E-state index is 5.89. The van der Waals surface area contributed by atoms with Crippen molar-refractivity contribution in [2.45, 2.75) is 33.2 Å². The van der Waals surface area contributed by atoms with Crippen molar-refractivity contribution in [3.63, 3.8) is 0 Å². The summed E-state index contributed by atoms with van der Waals surface area (Å²) in [5, 5.41) is 4.29. The van der Waals surface area contributed by atoms with E-state index in [1.807, 2.05) is 32.0 Å². The van der Waals surface area contributed by atoms with Gasteiger partial charge < -0.3 is 5.32 Å². The van der Waals surface area contributed by atoms with E-state index in [0.29, 0.717) is 6.04 Å². The minimum absolute atomic E-state index is 0.351. The molecule has 0 aliphatic rings. The number of halogens is 1. The van der Waals surface area contributed by atoms with Crippen LogP contribution < -0.4 is 5.32 Å². The van der Waals surface area contributed by atoms with E-state index >= 15 is 0 Å². The number of hydrogen-bond donors (Lipinski definition) is 1. The lowest BCUT2D eigenvalue weighted by atomic mass is 10.1. The molecule has 1 atom stereocenters. The molecule has 1 heterocycles. The van der Waals surface area contributed by atoms with E-state index in [0.717, 1.165) is 28.5 Å². The molecular formula is C16H19ClN2. The SMILES string of the molecule is Cc1ccc(NC(C)Cc2ccc(Cl)cc2)c(C)n1. The van der Waals surface area contributed by atoms with Gasteiger partial charge in [0.15, 0.2) is 0 Å². The molecule has 2 rings (SSSR count). The Morgan fingerprint density at radius 2 is 1.79 bits per heavy atom. The predicted molar refractivity (Wildman–Crippen MR) is 82.0 cm³/mol. The second kappa shape index (κ2) is 6.07. The zero-order valence-corrected chi connectivity index (χ0v) is 12.3. The van der Waals surface area contributed by atoms with Gasteiger partial charge in [-0.25, -0.2) is 0 Å². The summed E-state index contributed by atoms with van der Waals surface area (Å²) in [5.74, 6) is 0. The zero-order valence-electron chi connectivity index (χ0n) is 11.6. The van der Waals surface area contributed by atoms with Gasteiger partial charge in [0.25, 0.3) is 0 Å². The third-order valence-corrected chi connectivity index (χ3v) is 3.33. The Bertz CT molecular complexity index is 549. The predicted octanol–water partition coefficient (Wildman–Crippen LogP) is 4.39. The van der Waals surface area contributed by atoms with Crippen LogP contribution in [-0.4, -0.2) is 11.0 Å². The van der Waals surface area contributed by atoms with E-state index in [1.54, 1.807) is 0 Å². The maximum atomic E-state index is 5.89. The fourth-order valence-electron chi connectivity index (χ4n) is 2.13. The first-order valence-electron chi connectivity index (χ1n) is 6.50. The topological polar surface area (TPSA) is 24.9 Å². The number of nitrogens with zero attached hydrogens (tertiary/aromatic N) is 1. The molecule has 1 aromatic carbocycles. The first kappa shape index (κ1) is 13.9. The average Bonchev–Trinajstić information content (AvgIpc) is 2.36. The molecule has 100 valence electrons. The van der Waals surface area contributed by atoms with Crippen molar-refractivity contribution in [3.05, 3.63) is 58.4 Å². The lowest BCUT2D eigenvalue weighted by Crippen LogP contribution is -2.19. The fourth-order valence-corrected chi connectivity index (χ4v) is 2.26. The van der Waals surface area contributed by atoms with E-state index in [4.69, 9.17) is 11.6 Å². The van der Waals surface area contributed by atoms with Crippen LogP contribution in [0, 0.1) is 13.8 Å². The van der Waals surface area contributed by atoms with E-state index in [2.05, 4.69) is 35.4 Å². The van der Waals surface area contributed by atoms with Gasteiger partial charge in [0.1, 0.15) is 0 Å². The minimum Gasteiger partial charge on any atom is -0.381 e. The van der Waals surface area contributed by atoms with Crippen molar-refractivity contribution in [1.82, 2.24) is 4.98 Å². The van der Waals surface area contributed by atoms with Crippen LogP contribution in [0.4, 0.5) is 5.69 Å². The third kappa shape index (κ3) is 3.97. The molecule has 0 spiro atoms. The Hall–Kier alpha value is -1.54. The van der Waals surface area contributed by atoms with E-state index < -0.39 is 0 Å². The van der Waals surface area contributed by atoms with Crippen molar-refractivity contribution in [3.8, 4) is 0 Å². The van der Waals surface area contributed by atoms with Gasteiger partial charge in [0, 0.05) is 16.8 Å². The van der Waals surface area contributed by atoms with Crippen LogP contribution in [0.5, 0.6) is 0 Å². The van der Waals surface area contributed by atoms with Crippen LogP contribution in [-0.2, 0) is 6.42 Å². The van der Waals surface area contributed by atoms with Crippen molar-refractivity contribution < 1.29 is 0 Å². The highest BCUT2D eigenvalue weighted by Gasteiger charge is 2.06. The molecule has 0 saturated carbocycles. The van der Waals surface area contributed by atoms with Crippen LogP contribution in [0.3, 0.4) is 0 Å². The lowest BCUT2D eigenvalue weighted by molar-refractivity contribution is 0.787. The molecule has 1 unspecified atom stereocenters.